The first kappa shape index (κ1) is 17.4. The van der Waals surface area contributed by atoms with Gasteiger partial charge in [-0.3, -0.25) is 4.79 Å². The van der Waals surface area contributed by atoms with Crippen molar-refractivity contribution in [3.63, 3.8) is 0 Å². The van der Waals surface area contributed by atoms with E-state index in [4.69, 9.17) is 4.74 Å². The molecule has 3 unspecified atom stereocenters. The van der Waals surface area contributed by atoms with Crippen molar-refractivity contribution in [1.29, 1.82) is 0 Å². The Morgan fingerprint density at radius 3 is 2.90 bits per heavy atom. The first-order valence-electron chi connectivity index (χ1n) is 7.89. The van der Waals surface area contributed by atoms with Crippen LogP contribution in [0.15, 0.2) is 0 Å². The van der Waals surface area contributed by atoms with Crippen molar-refractivity contribution < 1.29 is 9.53 Å². The van der Waals surface area contributed by atoms with Crippen LogP contribution in [0.4, 0.5) is 0 Å². The van der Waals surface area contributed by atoms with Gasteiger partial charge < -0.3 is 20.7 Å². The summed E-state index contributed by atoms with van der Waals surface area (Å²) < 4.78 is 4.92. The number of amides is 1. The average molecular weight is 285 g/mol. The molecule has 3 atom stereocenters. The standard InChI is InChI=1S/C15H31N3O2/c1-12(11-14-7-5-4-6-8-16-14)18-13(2)15(19)17-9-10-20-3/h12-14,16,18H,4-11H2,1-3H3,(H,17,19). The van der Waals surface area contributed by atoms with E-state index in [-0.39, 0.29) is 11.9 Å². The van der Waals surface area contributed by atoms with Gasteiger partial charge in [0.05, 0.1) is 12.6 Å². The Bertz CT molecular complexity index is 266. The average Bonchev–Trinajstić information content (AvgIpc) is 2.67. The van der Waals surface area contributed by atoms with Crippen molar-refractivity contribution in [2.45, 2.75) is 64.1 Å². The van der Waals surface area contributed by atoms with Gasteiger partial charge >= 0.3 is 0 Å². The van der Waals surface area contributed by atoms with E-state index in [2.05, 4.69) is 22.9 Å². The van der Waals surface area contributed by atoms with Crippen LogP contribution in [0.3, 0.4) is 0 Å². The summed E-state index contributed by atoms with van der Waals surface area (Å²) in [7, 11) is 1.63. The van der Waals surface area contributed by atoms with Gasteiger partial charge in [0.25, 0.3) is 0 Å². The minimum absolute atomic E-state index is 0.0442. The lowest BCUT2D eigenvalue weighted by atomic mass is 10.0. The van der Waals surface area contributed by atoms with Gasteiger partial charge in [0.1, 0.15) is 0 Å². The quantitative estimate of drug-likeness (QED) is 0.583. The Hall–Kier alpha value is -0.650. The molecule has 1 fully saturated rings. The highest BCUT2D eigenvalue weighted by Crippen LogP contribution is 2.12. The number of hydrogen-bond acceptors (Lipinski definition) is 4. The molecule has 5 heteroatoms. The lowest BCUT2D eigenvalue weighted by Gasteiger charge is -2.24. The van der Waals surface area contributed by atoms with Crippen LogP contribution in [0.1, 0.15) is 46.0 Å². The summed E-state index contributed by atoms with van der Waals surface area (Å²) in [5.41, 5.74) is 0. The molecule has 1 rings (SSSR count). The fourth-order valence-electron chi connectivity index (χ4n) is 2.73. The Morgan fingerprint density at radius 2 is 2.15 bits per heavy atom. The van der Waals surface area contributed by atoms with E-state index in [0.29, 0.717) is 25.2 Å². The second-order valence-corrected chi connectivity index (χ2v) is 5.81. The van der Waals surface area contributed by atoms with E-state index in [1.807, 2.05) is 6.92 Å². The van der Waals surface area contributed by atoms with Crippen molar-refractivity contribution in [2.24, 2.45) is 0 Å². The van der Waals surface area contributed by atoms with Gasteiger partial charge in [-0.05, 0) is 39.7 Å². The van der Waals surface area contributed by atoms with Crippen LogP contribution in [-0.2, 0) is 9.53 Å². The van der Waals surface area contributed by atoms with Gasteiger partial charge in [-0.2, -0.15) is 0 Å². The summed E-state index contributed by atoms with van der Waals surface area (Å²) >= 11 is 0. The Balaban J connectivity index is 2.22. The highest BCUT2D eigenvalue weighted by atomic mass is 16.5. The van der Waals surface area contributed by atoms with Crippen LogP contribution in [0, 0.1) is 0 Å². The third kappa shape index (κ3) is 7.22. The van der Waals surface area contributed by atoms with Crippen LogP contribution in [0.2, 0.25) is 0 Å². The van der Waals surface area contributed by atoms with Crippen LogP contribution >= 0.6 is 0 Å². The maximum absolute atomic E-state index is 11.9. The molecule has 118 valence electrons. The van der Waals surface area contributed by atoms with Gasteiger partial charge in [-0.15, -0.1) is 0 Å². The summed E-state index contributed by atoms with van der Waals surface area (Å²) in [5, 5.41) is 9.84. The van der Waals surface area contributed by atoms with Crippen LogP contribution in [0.5, 0.6) is 0 Å². The number of hydrogen-bond donors (Lipinski definition) is 3. The fraction of sp³-hybridized carbons (Fsp3) is 0.933. The lowest BCUT2D eigenvalue weighted by molar-refractivity contribution is -0.123. The molecule has 0 bridgehead atoms. The highest BCUT2D eigenvalue weighted by Gasteiger charge is 2.18. The number of methoxy groups -OCH3 is 1. The Kier molecular flexibility index (Phi) is 8.82. The molecule has 0 aliphatic carbocycles. The van der Waals surface area contributed by atoms with E-state index in [9.17, 15) is 4.79 Å². The molecular weight excluding hydrogens is 254 g/mol. The number of nitrogens with one attached hydrogen (secondary N) is 3. The summed E-state index contributed by atoms with van der Waals surface area (Å²) in [6, 6.07) is 0.769. The number of ether oxygens (including phenoxy) is 1. The number of rotatable bonds is 8. The second kappa shape index (κ2) is 10.1. The predicted molar refractivity (Wildman–Crippen MR) is 81.8 cm³/mol. The van der Waals surface area contributed by atoms with Crippen molar-refractivity contribution in [2.75, 3.05) is 26.8 Å². The summed E-state index contributed by atoms with van der Waals surface area (Å²) in [4.78, 5) is 11.9. The smallest absolute Gasteiger partial charge is 0.236 e. The van der Waals surface area contributed by atoms with E-state index in [1.54, 1.807) is 7.11 Å². The van der Waals surface area contributed by atoms with Crippen molar-refractivity contribution in [3.8, 4) is 0 Å². The first-order chi connectivity index (χ1) is 9.63. The van der Waals surface area contributed by atoms with E-state index in [0.717, 1.165) is 13.0 Å². The number of carbonyl (C=O) groups is 1. The molecule has 1 aliphatic heterocycles. The molecule has 1 saturated heterocycles. The SMILES string of the molecule is COCCNC(=O)C(C)NC(C)CC1CCCCCN1. The first-order valence-corrected chi connectivity index (χ1v) is 7.89. The van der Waals surface area contributed by atoms with E-state index < -0.39 is 0 Å². The highest BCUT2D eigenvalue weighted by molar-refractivity contribution is 5.81. The topological polar surface area (TPSA) is 62.4 Å². The van der Waals surface area contributed by atoms with E-state index >= 15 is 0 Å². The Morgan fingerprint density at radius 1 is 1.35 bits per heavy atom. The van der Waals surface area contributed by atoms with Gasteiger partial charge in [-0.1, -0.05) is 12.8 Å². The van der Waals surface area contributed by atoms with Crippen LogP contribution in [-0.4, -0.2) is 50.8 Å². The summed E-state index contributed by atoms with van der Waals surface area (Å²) in [6.07, 6.45) is 6.27. The molecule has 1 aliphatic rings. The summed E-state index contributed by atoms with van der Waals surface area (Å²) in [5.74, 6) is 0.0442. The fourth-order valence-corrected chi connectivity index (χ4v) is 2.73. The van der Waals surface area contributed by atoms with E-state index in [1.165, 1.54) is 25.7 Å². The Labute approximate surface area is 123 Å². The van der Waals surface area contributed by atoms with Crippen molar-refractivity contribution >= 4 is 5.91 Å². The molecule has 0 aromatic heterocycles. The molecule has 20 heavy (non-hydrogen) atoms. The minimum atomic E-state index is -0.160. The zero-order valence-corrected chi connectivity index (χ0v) is 13.2. The normalized spacial score (nSPS) is 22.9. The largest absolute Gasteiger partial charge is 0.383 e. The molecule has 0 saturated carbocycles. The molecule has 0 aromatic carbocycles. The van der Waals surface area contributed by atoms with Gasteiger partial charge in [0.2, 0.25) is 5.91 Å². The second-order valence-electron chi connectivity index (χ2n) is 5.81. The monoisotopic (exact) mass is 285 g/mol. The van der Waals surface area contributed by atoms with Crippen molar-refractivity contribution in [1.82, 2.24) is 16.0 Å². The third-order valence-electron chi connectivity index (χ3n) is 3.83. The maximum Gasteiger partial charge on any atom is 0.236 e. The summed E-state index contributed by atoms with van der Waals surface area (Å²) in [6.45, 7) is 6.33. The zero-order chi connectivity index (χ0) is 14.8. The number of carbonyl (C=O) groups excluding carboxylic acids is 1. The molecule has 0 aromatic rings. The van der Waals surface area contributed by atoms with Crippen LogP contribution in [0.25, 0.3) is 0 Å². The van der Waals surface area contributed by atoms with Crippen molar-refractivity contribution in [3.05, 3.63) is 0 Å². The predicted octanol–water partition coefficient (Wildman–Crippen LogP) is 1.04. The zero-order valence-electron chi connectivity index (χ0n) is 13.2. The molecular formula is C15H31N3O2. The lowest BCUT2D eigenvalue weighted by Crippen LogP contribution is -2.48. The molecule has 0 radical (unpaired) electrons. The van der Waals surface area contributed by atoms with Gasteiger partial charge in [-0.25, -0.2) is 0 Å². The molecule has 0 spiro atoms. The maximum atomic E-state index is 11.9. The van der Waals surface area contributed by atoms with Gasteiger partial charge in [0.15, 0.2) is 0 Å². The molecule has 1 heterocycles. The van der Waals surface area contributed by atoms with Gasteiger partial charge in [0, 0.05) is 25.7 Å². The molecule has 1 amide bonds. The minimum Gasteiger partial charge on any atom is -0.383 e. The molecule has 3 N–H and O–H groups in total. The van der Waals surface area contributed by atoms with Crippen LogP contribution < -0.4 is 16.0 Å². The molecule has 5 nitrogen and oxygen atoms in total. The third-order valence-corrected chi connectivity index (χ3v) is 3.83.